The van der Waals surface area contributed by atoms with Gasteiger partial charge in [-0.2, -0.15) is 5.10 Å². The number of methoxy groups -OCH3 is 2. The third kappa shape index (κ3) is 5.78. The van der Waals surface area contributed by atoms with Crippen molar-refractivity contribution in [3.8, 4) is 34.1 Å². The summed E-state index contributed by atoms with van der Waals surface area (Å²) < 4.78 is 18.5. The van der Waals surface area contributed by atoms with Crippen LogP contribution in [0.1, 0.15) is 42.9 Å². The second kappa shape index (κ2) is 12.1. The van der Waals surface area contributed by atoms with E-state index in [9.17, 15) is 9.59 Å². The molecule has 42 heavy (non-hydrogen) atoms. The zero-order valence-electron chi connectivity index (χ0n) is 24.0. The maximum atomic E-state index is 13.4. The Labute approximate surface area is 242 Å². The Morgan fingerprint density at radius 1 is 0.952 bits per heavy atom. The SMILES string of the molecule is CCc1ccc(-c2cn(C(C)C)nc(C(=O)Nc3ccc(Oc4ccnc5cc(OC)c(OC)cc45)cn3)c2=O)cc1. The number of hydrogen-bond acceptors (Lipinski definition) is 8. The number of carbonyl (C=O) groups is 1. The van der Waals surface area contributed by atoms with Crippen molar-refractivity contribution < 1.29 is 19.0 Å². The Kier molecular flexibility index (Phi) is 8.14. The number of anilines is 1. The Balaban J connectivity index is 1.39. The van der Waals surface area contributed by atoms with Gasteiger partial charge in [0.1, 0.15) is 17.3 Å². The van der Waals surface area contributed by atoms with Crippen LogP contribution in [0, 0.1) is 0 Å². The largest absolute Gasteiger partial charge is 0.493 e. The minimum atomic E-state index is -0.649. The van der Waals surface area contributed by atoms with Gasteiger partial charge in [0.15, 0.2) is 17.2 Å². The predicted octanol–water partition coefficient (Wildman–Crippen LogP) is 6.06. The zero-order valence-corrected chi connectivity index (χ0v) is 24.0. The fourth-order valence-corrected chi connectivity index (χ4v) is 4.40. The molecule has 10 heteroatoms. The van der Waals surface area contributed by atoms with Gasteiger partial charge in [0.05, 0.1) is 25.9 Å². The van der Waals surface area contributed by atoms with Crippen LogP contribution in [0.15, 0.2) is 78.0 Å². The summed E-state index contributed by atoms with van der Waals surface area (Å²) in [4.78, 5) is 35.3. The molecule has 0 unspecified atom stereocenters. The third-order valence-corrected chi connectivity index (χ3v) is 6.77. The number of ether oxygens (including phenoxy) is 3. The van der Waals surface area contributed by atoms with Gasteiger partial charge in [-0.3, -0.25) is 19.3 Å². The summed E-state index contributed by atoms with van der Waals surface area (Å²) in [7, 11) is 3.12. The summed E-state index contributed by atoms with van der Waals surface area (Å²) in [6.45, 7) is 5.93. The second-order valence-corrected chi connectivity index (χ2v) is 9.81. The number of nitrogens with zero attached hydrogens (tertiary/aromatic N) is 4. The highest BCUT2D eigenvalue weighted by molar-refractivity contribution is 6.02. The number of benzene rings is 2. The molecule has 0 saturated heterocycles. The van der Waals surface area contributed by atoms with Gasteiger partial charge >= 0.3 is 0 Å². The summed E-state index contributed by atoms with van der Waals surface area (Å²) in [6.07, 6.45) is 5.69. The molecule has 0 atom stereocenters. The van der Waals surface area contributed by atoms with Crippen LogP contribution in [0.5, 0.6) is 23.0 Å². The van der Waals surface area contributed by atoms with Crippen LogP contribution in [0.25, 0.3) is 22.0 Å². The van der Waals surface area contributed by atoms with E-state index >= 15 is 0 Å². The first-order valence-electron chi connectivity index (χ1n) is 13.5. The summed E-state index contributed by atoms with van der Waals surface area (Å²) in [5.74, 6) is 1.68. The summed E-state index contributed by atoms with van der Waals surface area (Å²) >= 11 is 0. The molecule has 0 spiro atoms. The van der Waals surface area contributed by atoms with E-state index < -0.39 is 11.3 Å². The lowest BCUT2D eigenvalue weighted by molar-refractivity contribution is 0.101. The number of carbonyl (C=O) groups excluding carboxylic acids is 1. The number of aromatic nitrogens is 4. The molecule has 0 saturated carbocycles. The van der Waals surface area contributed by atoms with Crippen LogP contribution in [-0.2, 0) is 6.42 Å². The van der Waals surface area contributed by atoms with E-state index in [0.717, 1.165) is 22.9 Å². The van der Waals surface area contributed by atoms with Gasteiger partial charge in [-0.1, -0.05) is 31.2 Å². The van der Waals surface area contributed by atoms with E-state index in [4.69, 9.17) is 14.2 Å². The fourth-order valence-electron chi connectivity index (χ4n) is 4.40. The van der Waals surface area contributed by atoms with E-state index in [1.165, 1.54) is 6.20 Å². The average molecular weight is 566 g/mol. The Bertz CT molecular complexity index is 1800. The summed E-state index contributed by atoms with van der Waals surface area (Å²) in [5.41, 5.74) is 2.29. The average Bonchev–Trinajstić information content (AvgIpc) is 3.01. The quantitative estimate of drug-likeness (QED) is 0.229. The van der Waals surface area contributed by atoms with Gasteiger partial charge in [0.2, 0.25) is 5.43 Å². The number of hydrogen-bond donors (Lipinski definition) is 1. The first-order chi connectivity index (χ1) is 20.3. The van der Waals surface area contributed by atoms with Crippen LogP contribution in [0.4, 0.5) is 5.82 Å². The van der Waals surface area contributed by atoms with Crippen molar-refractivity contribution in [3.05, 3.63) is 94.7 Å². The van der Waals surface area contributed by atoms with Crippen molar-refractivity contribution >= 4 is 22.6 Å². The van der Waals surface area contributed by atoms with Crippen LogP contribution < -0.4 is 25.0 Å². The van der Waals surface area contributed by atoms with Crippen molar-refractivity contribution in [2.75, 3.05) is 19.5 Å². The van der Waals surface area contributed by atoms with Gasteiger partial charge in [0, 0.05) is 35.5 Å². The second-order valence-electron chi connectivity index (χ2n) is 9.81. The van der Waals surface area contributed by atoms with E-state index in [0.29, 0.717) is 34.1 Å². The van der Waals surface area contributed by atoms with E-state index in [1.54, 1.807) is 61.6 Å². The van der Waals surface area contributed by atoms with Crippen molar-refractivity contribution in [1.82, 2.24) is 19.7 Å². The molecular weight excluding hydrogens is 534 g/mol. The van der Waals surface area contributed by atoms with E-state index in [2.05, 4.69) is 27.3 Å². The van der Waals surface area contributed by atoms with Crippen molar-refractivity contribution in [2.24, 2.45) is 0 Å². The van der Waals surface area contributed by atoms with Gasteiger partial charge in [-0.05, 0) is 55.7 Å². The monoisotopic (exact) mass is 565 g/mol. The molecule has 5 aromatic rings. The highest BCUT2D eigenvalue weighted by atomic mass is 16.5. The molecule has 2 aromatic carbocycles. The molecule has 3 aromatic heterocycles. The first kappa shape index (κ1) is 28.3. The minimum Gasteiger partial charge on any atom is -0.493 e. The molecule has 0 aliphatic heterocycles. The number of amides is 1. The van der Waals surface area contributed by atoms with Gasteiger partial charge in [0.25, 0.3) is 5.91 Å². The van der Waals surface area contributed by atoms with Crippen molar-refractivity contribution in [1.29, 1.82) is 0 Å². The fraction of sp³-hybridized carbons (Fsp3) is 0.219. The highest BCUT2D eigenvalue weighted by Gasteiger charge is 2.20. The Morgan fingerprint density at radius 2 is 1.69 bits per heavy atom. The molecular formula is C32H31N5O5. The van der Waals surface area contributed by atoms with Gasteiger partial charge < -0.3 is 19.5 Å². The molecule has 0 radical (unpaired) electrons. The molecule has 3 heterocycles. The molecule has 0 aliphatic carbocycles. The number of aryl methyl sites for hydroxylation is 1. The standard InChI is InChI=1S/C32H31N5O5/c1-6-20-7-9-21(10-8-20)24-18-37(19(2)3)36-30(31(24)38)32(39)35-29-12-11-22(17-34-29)42-26-13-14-33-25-16-28(41-5)27(40-4)15-23(25)26/h7-19H,6H2,1-5H3,(H,34,35,39). The molecule has 0 fully saturated rings. The lowest BCUT2D eigenvalue weighted by Crippen LogP contribution is -2.28. The topological polar surface area (TPSA) is 117 Å². The third-order valence-electron chi connectivity index (χ3n) is 6.77. The first-order valence-corrected chi connectivity index (χ1v) is 13.5. The molecule has 0 bridgehead atoms. The number of fused-ring (bicyclic) bond motifs is 1. The van der Waals surface area contributed by atoms with Gasteiger partial charge in [-0.15, -0.1) is 0 Å². The van der Waals surface area contributed by atoms with Crippen LogP contribution in [0.3, 0.4) is 0 Å². The maximum absolute atomic E-state index is 13.4. The Morgan fingerprint density at radius 3 is 2.33 bits per heavy atom. The number of nitrogens with one attached hydrogen (secondary N) is 1. The maximum Gasteiger partial charge on any atom is 0.281 e. The zero-order chi connectivity index (χ0) is 29.8. The van der Waals surface area contributed by atoms with E-state index in [1.807, 2.05) is 38.1 Å². The normalized spacial score (nSPS) is 11.0. The lowest BCUT2D eigenvalue weighted by Gasteiger charge is -2.14. The highest BCUT2D eigenvalue weighted by Crippen LogP contribution is 2.36. The van der Waals surface area contributed by atoms with Crippen molar-refractivity contribution in [2.45, 2.75) is 33.2 Å². The smallest absolute Gasteiger partial charge is 0.281 e. The van der Waals surface area contributed by atoms with E-state index in [-0.39, 0.29) is 17.6 Å². The van der Waals surface area contributed by atoms with Crippen LogP contribution in [-0.4, -0.2) is 39.9 Å². The Hall–Kier alpha value is -5.25. The molecule has 214 valence electrons. The molecule has 10 nitrogen and oxygen atoms in total. The summed E-state index contributed by atoms with van der Waals surface area (Å²) in [6, 6.07) is 16.2. The molecule has 5 rings (SSSR count). The summed E-state index contributed by atoms with van der Waals surface area (Å²) in [5, 5.41) is 7.75. The lowest BCUT2D eigenvalue weighted by atomic mass is 10.0. The minimum absolute atomic E-state index is 0.0642. The number of pyridine rings is 2. The number of rotatable bonds is 9. The van der Waals surface area contributed by atoms with Crippen molar-refractivity contribution in [3.63, 3.8) is 0 Å². The van der Waals surface area contributed by atoms with Crippen LogP contribution >= 0.6 is 0 Å². The molecule has 1 N–H and O–H groups in total. The molecule has 0 aliphatic rings. The predicted molar refractivity (Wildman–Crippen MR) is 161 cm³/mol. The van der Waals surface area contributed by atoms with Crippen LogP contribution in [0.2, 0.25) is 0 Å². The van der Waals surface area contributed by atoms with Gasteiger partial charge in [-0.25, -0.2) is 4.98 Å². The molecule has 1 amide bonds.